The van der Waals surface area contributed by atoms with Crippen LogP contribution in [-0.2, 0) is 4.79 Å². The van der Waals surface area contributed by atoms with Gasteiger partial charge in [-0.05, 0) is 44.7 Å². The van der Waals surface area contributed by atoms with Gasteiger partial charge in [0, 0.05) is 17.5 Å². The molecule has 28 heavy (non-hydrogen) atoms. The van der Waals surface area contributed by atoms with Crippen molar-refractivity contribution in [1.29, 1.82) is 0 Å². The quantitative estimate of drug-likeness (QED) is 0.650. The number of carbonyl (C=O) groups excluding carboxylic acids is 3. The second-order valence-corrected chi connectivity index (χ2v) is 8.63. The fourth-order valence-corrected chi connectivity index (χ4v) is 3.65. The molecule has 7 nitrogen and oxygen atoms in total. The molecule has 1 aromatic carbocycles. The van der Waals surface area contributed by atoms with Gasteiger partial charge in [0.2, 0.25) is 5.91 Å². The van der Waals surface area contributed by atoms with Crippen LogP contribution in [0.3, 0.4) is 0 Å². The molecule has 0 bridgehead atoms. The molecule has 2 aromatic rings. The van der Waals surface area contributed by atoms with Crippen molar-refractivity contribution in [1.82, 2.24) is 20.9 Å². The van der Waals surface area contributed by atoms with Crippen LogP contribution < -0.4 is 16.0 Å². The van der Waals surface area contributed by atoms with E-state index in [-0.39, 0.29) is 23.9 Å². The highest BCUT2D eigenvalue weighted by molar-refractivity contribution is 8.00. The first-order valence-corrected chi connectivity index (χ1v) is 10.4. The zero-order valence-electron chi connectivity index (χ0n) is 15.5. The molecule has 0 radical (unpaired) electrons. The molecule has 4 rings (SSSR count). The summed E-state index contributed by atoms with van der Waals surface area (Å²) in [6, 6.07) is 9.16. The zero-order chi connectivity index (χ0) is 19.7. The third-order valence-corrected chi connectivity index (χ3v) is 5.68. The number of pyridine rings is 1. The number of carbonyl (C=O) groups is 3. The Morgan fingerprint density at radius 3 is 2.46 bits per heavy atom. The molecule has 1 aromatic heterocycles. The second kappa shape index (κ2) is 7.79. The summed E-state index contributed by atoms with van der Waals surface area (Å²) in [5.74, 6) is -0.508. The van der Waals surface area contributed by atoms with Crippen LogP contribution in [0.1, 0.15) is 43.0 Å². The van der Waals surface area contributed by atoms with E-state index in [2.05, 4.69) is 20.9 Å². The summed E-state index contributed by atoms with van der Waals surface area (Å²) < 4.78 is 0. The van der Waals surface area contributed by atoms with Crippen molar-refractivity contribution in [2.45, 2.75) is 55.0 Å². The van der Waals surface area contributed by atoms with Gasteiger partial charge in [-0.15, -0.1) is 0 Å². The number of hydrogen-bond acceptors (Lipinski definition) is 5. The van der Waals surface area contributed by atoms with E-state index in [9.17, 15) is 14.4 Å². The molecule has 2 aliphatic rings. The number of thioether (sulfide) groups is 1. The van der Waals surface area contributed by atoms with Gasteiger partial charge in [-0.25, -0.2) is 9.78 Å². The first kappa shape index (κ1) is 18.7. The summed E-state index contributed by atoms with van der Waals surface area (Å²) in [5, 5.41) is 8.93. The van der Waals surface area contributed by atoms with E-state index >= 15 is 0 Å². The topological polar surface area (TPSA) is 100 Å². The van der Waals surface area contributed by atoms with Gasteiger partial charge in [0.05, 0.1) is 21.4 Å². The molecular weight excluding hydrogens is 376 g/mol. The summed E-state index contributed by atoms with van der Waals surface area (Å²) in [7, 11) is 0. The van der Waals surface area contributed by atoms with Gasteiger partial charge < -0.3 is 10.6 Å². The van der Waals surface area contributed by atoms with Crippen molar-refractivity contribution in [3.05, 3.63) is 35.9 Å². The van der Waals surface area contributed by atoms with Crippen LogP contribution in [0.15, 0.2) is 35.4 Å². The maximum atomic E-state index is 12.7. The van der Waals surface area contributed by atoms with Crippen molar-refractivity contribution >= 4 is 40.5 Å². The smallest absolute Gasteiger partial charge is 0.321 e. The number of urea groups is 1. The number of para-hydroxylation sites is 1. The number of imide groups is 1. The average Bonchev–Trinajstić information content (AvgIpc) is 3.58. The highest BCUT2D eigenvalue weighted by atomic mass is 32.2. The highest BCUT2D eigenvalue weighted by Crippen LogP contribution is 2.28. The molecular formula is C20H22N4O3S. The van der Waals surface area contributed by atoms with Crippen molar-refractivity contribution in [3.8, 4) is 0 Å². The first-order valence-electron chi connectivity index (χ1n) is 9.48. The normalized spacial score (nSPS) is 17.0. The monoisotopic (exact) mass is 398 g/mol. The van der Waals surface area contributed by atoms with Crippen molar-refractivity contribution < 1.29 is 14.4 Å². The van der Waals surface area contributed by atoms with Gasteiger partial charge in [0.15, 0.2) is 0 Å². The Morgan fingerprint density at radius 2 is 1.75 bits per heavy atom. The van der Waals surface area contributed by atoms with Crippen LogP contribution in [0.4, 0.5) is 4.79 Å². The maximum absolute atomic E-state index is 12.7. The molecule has 8 heteroatoms. The molecule has 2 aliphatic carbocycles. The summed E-state index contributed by atoms with van der Waals surface area (Å²) in [6.45, 7) is 1.71. The Morgan fingerprint density at radius 1 is 1.07 bits per heavy atom. The summed E-state index contributed by atoms with van der Waals surface area (Å²) in [6.07, 6.45) is 3.93. The minimum Gasteiger partial charge on any atom is -0.349 e. The second-order valence-electron chi connectivity index (χ2n) is 7.27. The lowest BCUT2D eigenvalue weighted by atomic mass is 10.1. The molecule has 1 atom stereocenters. The molecule has 2 saturated carbocycles. The van der Waals surface area contributed by atoms with Crippen molar-refractivity contribution in [2.24, 2.45) is 0 Å². The van der Waals surface area contributed by atoms with Crippen molar-refractivity contribution in [2.75, 3.05) is 0 Å². The SMILES string of the molecule is C[C@H](Sc1cc(C(=O)NC2CC2)c2ccccc2n1)C(=O)NC(=O)NC1CC1. The van der Waals surface area contributed by atoms with Crippen LogP contribution in [0.2, 0.25) is 0 Å². The Hall–Kier alpha value is -2.61. The third kappa shape index (κ3) is 4.62. The maximum Gasteiger partial charge on any atom is 0.321 e. The summed E-state index contributed by atoms with van der Waals surface area (Å²) >= 11 is 1.23. The number of amides is 4. The lowest BCUT2D eigenvalue weighted by Gasteiger charge is -2.13. The fourth-order valence-electron chi connectivity index (χ4n) is 2.79. The Kier molecular flexibility index (Phi) is 5.21. The summed E-state index contributed by atoms with van der Waals surface area (Å²) in [4.78, 5) is 41.3. The van der Waals surface area contributed by atoms with E-state index < -0.39 is 11.3 Å². The molecule has 4 amide bonds. The zero-order valence-corrected chi connectivity index (χ0v) is 16.3. The Labute approximate surface area is 167 Å². The molecule has 0 unspecified atom stereocenters. The first-order chi connectivity index (χ1) is 13.5. The predicted octanol–water partition coefficient (Wildman–Crippen LogP) is 2.60. The van der Waals surface area contributed by atoms with Crippen LogP contribution in [0, 0.1) is 0 Å². The van der Waals surface area contributed by atoms with Gasteiger partial charge in [0.25, 0.3) is 5.91 Å². The third-order valence-electron chi connectivity index (χ3n) is 4.67. The minimum absolute atomic E-state index is 0.121. The Bertz CT molecular complexity index is 940. The van der Waals surface area contributed by atoms with E-state index in [1.807, 2.05) is 24.3 Å². The lowest BCUT2D eigenvalue weighted by Crippen LogP contribution is -2.43. The number of hydrogen-bond donors (Lipinski definition) is 3. The molecule has 0 saturated heterocycles. The van der Waals surface area contributed by atoms with E-state index in [4.69, 9.17) is 0 Å². The summed E-state index contributed by atoms with van der Waals surface area (Å²) in [5.41, 5.74) is 1.26. The van der Waals surface area contributed by atoms with Crippen LogP contribution >= 0.6 is 11.8 Å². The standard InChI is InChI=1S/C20H22N4O3S/c1-11(18(25)24-20(27)22-13-8-9-13)28-17-10-15(19(26)21-12-6-7-12)14-4-2-3-5-16(14)23-17/h2-5,10-13H,6-9H2,1H3,(H,21,26)(H2,22,24,25,27)/t11-/m0/s1. The van der Waals surface area contributed by atoms with Gasteiger partial charge in [-0.1, -0.05) is 30.0 Å². The van der Waals surface area contributed by atoms with Crippen LogP contribution in [0.25, 0.3) is 10.9 Å². The number of aromatic nitrogens is 1. The van der Waals surface area contributed by atoms with Gasteiger partial charge in [-0.2, -0.15) is 0 Å². The van der Waals surface area contributed by atoms with Crippen LogP contribution in [0.5, 0.6) is 0 Å². The molecule has 146 valence electrons. The van der Waals surface area contributed by atoms with Gasteiger partial charge in [0.1, 0.15) is 0 Å². The van der Waals surface area contributed by atoms with E-state index in [0.717, 1.165) is 31.1 Å². The van der Waals surface area contributed by atoms with Gasteiger partial charge in [-0.3, -0.25) is 14.9 Å². The largest absolute Gasteiger partial charge is 0.349 e. The van der Waals surface area contributed by atoms with Crippen molar-refractivity contribution in [3.63, 3.8) is 0 Å². The molecule has 0 spiro atoms. The molecule has 2 fully saturated rings. The van der Waals surface area contributed by atoms with Gasteiger partial charge >= 0.3 is 6.03 Å². The number of nitrogens with zero attached hydrogens (tertiary/aromatic N) is 1. The van der Waals surface area contributed by atoms with E-state index in [0.29, 0.717) is 16.1 Å². The number of nitrogens with one attached hydrogen (secondary N) is 3. The molecule has 3 N–H and O–H groups in total. The molecule has 1 heterocycles. The molecule has 0 aliphatic heterocycles. The number of fused-ring (bicyclic) bond motifs is 1. The van der Waals surface area contributed by atoms with E-state index in [1.54, 1.807) is 13.0 Å². The van der Waals surface area contributed by atoms with E-state index in [1.165, 1.54) is 11.8 Å². The number of benzene rings is 1. The fraction of sp³-hybridized carbons (Fsp3) is 0.400. The van der Waals surface area contributed by atoms with Crippen LogP contribution in [-0.4, -0.2) is 40.2 Å². The highest BCUT2D eigenvalue weighted by Gasteiger charge is 2.27. The Balaban J connectivity index is 1.49. The lowest BCUT2D eigenvalue weighted by molar-refractivity contribution is -0.119. The minimum atomic E-state index is -0.530. The average molecular weight is 398 g/mol. The number of rotatable bonds is 6. The predicted molar refractivity (Wildman–Crippen MR) is 107 cm³/mol.